The van der Waals surface area contributed by atoms with Crippen LogP contribution >= 0.6 is 0 Å². The highest BCUT2D eigenvalue weighted by Gasteiger charge is 2.49. The predicted molar refractivity (Wildman–Crippen MR) is 66.2 cm³/mol. The Kier molecular flexibility index (Phi) is 3.88. The second-order valence-electron chi connectivity index (χ2n) is 5.68. The Morgan fingerprint density at radius 2 is 1.50 bits per heavy atom. The standard InChI is InChI=1S/C13H26N2O/c14-11-12(5-3-1-2-4-6-12)13(16)7-9-15-10-8-13/h15-16H,1-11,14H2. The van der Waals surface area contributed by atoms with Gasteiger partial charge < -0.3 is 16.2 Å². The van der Waals surface area contributed by atoms with Gasteiger partial charge in [-0.15, -0.1) is 0 Å². The molecule has 0 atom stereocenters. The topological polar surface area (TPSA) is 58.3 Å². The molecule has 3 nitrogen and oxygen atoms in total. The highest BCUT2D eigenvalue weighted by Crippen LogP contribution is 2.47. The fraction of sp³-hybridized carbons (Fsp3) is 1.00. The van der Waals surface area contributed by atoms with Crippen molar-refractivity contribution in [2.45, 2.75) is 57.0 Å². The van der Waals surface area contributed by atoms with Gasteiger partial charge in [-0.05, 0) is 38.8 Å². The van der Waals surface area contributed by atoms with Crippen LogP contribution in [0, 0.1) is 5.41 Å². The molecule has 2 rings (SSSR count). The van der Waals surface area contributed by atoms with E-state index in [0.29, 0.717) is 6.54 Å². The Labute approximate surface area is 98.8 Å². The SMILES string of the molecule is NCC1(C2(O)CCNCC2)CCCCCC1. The maximum atomic E-state index is 11.0. The number of hydrogen-bond acceptors (Lipinski definition) is 3. The first kappa shape index (κ1) is 12.3. The van der Waals surface area contributed by atoms with Gasteiger partial charge in [-0.3, -0.25) is 0 Å². The number of hydrogen-bond donors (Lipinski definition) is 3. The highest BCUT2D eigenvalue weighted by atomic mass is 16.3. The molecule has 1 saturated carbocycles. The number of aliphatic hydroxyl groups is 1. The third-order valence-electron chi connectivity index (χ3n) is 4.87. The van der Waals surface area contributed by atoms with Crippen LogP contribution in [-0.2, 0) is 0 Å². The summed E-state index contributed by atoms with van der Waals surface area (Å²) in [5.41, 5.74) is 5.55. The maximum Gasteiger partial charge on any atom is 0.0739 e. The highest BCUT2D eigenvalue weighted by molar-refractivity contribution is 5.02. The van der Waals surface area contributed by atoms with Crippen LogP contribution in [0.15, 0.2) is 0 Å². The van der Waals surface area contributed by atoms with E-state index in [2.05, 4.69) is 5.32 Å². The predicted octanol–water partition coefficient (Wildman–Crippen LogP) is 1.40. The molecule has 0 spiro atoms. The van der Waals surface area contributed by atoms with Crippen molar-refractivity contribution < 1.29 is 5.11 Å². The minimum absolute atomic E-state index is 0.00556. The molecular formula is C13H26N2O. The lowest BCUT2D eigenvalue weighted by Crippen LogP contribution is -2.57. The van der Waals surface area contributed by atoms with Gasteiger partial charge in [0.15, 0.2) is 0 Å². The number of rotatable bonds is 2. The first-order valence-corrected chi connectivity index (χ1v) is 6.86. The molecule has 4 N–H and O–H groups in total. The summed E-state index contributed by atoms with van der Waals surface area (Å²) in [7, 11) is 0. The lowest BCUT2D eigenvalue weighted by atomic mass is 9.63. The minimum Gasteiger partial charge on any atom is -0.389 e. The zero-order valence-electron chi connectivity index (χ0n) is 10.3. The number of nitrogens with one attached hydrogen (secondary N) is 1. The van der Waals surface area contributed by atoms with Crippen molar-refractivity contribution in [1.29, 1.82) is 0 Å². The summed E-state index contributed by atoms with van der Waals surface area (Å²) in [5, 5.41) is 14.3. The monoisotopic (exact) mass is 226 g/mol. The van der Waals surface area contributed by atoms with E-state index in [1.165, 1.54) is 25.7 Å². The Morgan fingerprint density at radius 1 is 0.938 bits per heavy atom. The van der Waals surface area contributed by atoms with Crippen LogP contribution in [0.25, 0.3) is 0 Å². The number of piperidine rings is 1. The van der Waals surface area contributed by atoms with Crippen LogP contribution < -0.4 is 11.1 Å². The summed E-state index contributed by atoms with van der Waals surface area (Å²) in [4.78, 5) is 0. The van der Waals surface area contributed by atoms with Gasteiger partial charge in [0.05, 0.1) is 5.60 Å². The summed E-state index contributed by atoms with van der Waals surface area (Å²) in [6, 6.07) is 0. The molecule has 16 heavy (non-hydrogen) atoms. The Balaban J connectivity index is 2.16. The van der Waals surface area contributed by atoms with Crippen molar-refractivity contribution >= 4 is 0 Å². The van der Waals surface area contributed by atoms with Crippen molar-refractivity contribution in [3.8, 4) is 0 Å². The summed E-state index contributed by atoms with van der Waals surface area (Å²) in [5.74, 6) is 0. The first-order chi connectivity index (χ1) is 7.72. The average Bonchev–Trinajstić information content (AvgIpc) is 2.56. The molecule has 0 aromatic heterocycles. The normalized spacial score (nSPS) is 29.6. The molecule has 0 unspecified atom stereocenters. The average molecular weight is 226 g/mol. The Bertz CT molecular complexity index is 216. The van der Waals surface area contributed by atoms with Crippen LogP contribution in [-0.4, -0.2) is 30.3 Å². The molecule has 0 aromatic carbocycles. The first-order valence-electron chi connectivity index (χ1n) is 6.86. The minimum atomic E-state index is -0.503. The van der Waals surface area contributed by atoms with Gasteiger partial charge >= 0.3 is 0 Å². The summed E-state index contributed by atoms with van der Waals surface area (Å²) in [6.07, 6.45) is 9.13. The van der Waals surface area contributed by atoms with E-state index in [1.807, 2.05) is 0 Å². The second kappa shape index (κ2) is 5.03. The van der Waals surface area contributed by atoms with Crippen LogP contribution in [0.1, 0.15) is 51.4 Å². The fourth-order valence-electron chi connectivity index (χ4n) is 3.64. The quantitative estimate of drug-likeness (QED) is 0.624. The molecule has 2 aliphatic rings. The van der Waals surface area contributed by atoms with Crippen molar-refractivity contribution in [2.24, 2.45) is 11.1 Å². The number of nitrogens with two attached hydrogens (primary N) is 1. The molecule has 2 fully saturated rings. The van der Waals surface area contributed by atoms with Crippen molar-refractivity contribution in [3.63, 3.8) is 0 Å². The zero-order chi connectivity index (χ0) is 11.5. The van der Waals surface area contributed by atoms with E-state index in [-0.39, 0.29) is 5.41 Å². The molecule has 0 bridgehead atoms. The third-order valence-corrected chi connectivity index (χ3v) is 4.87. The van der Waals surface area contributed by atoms with Crippen molar-refractivity contribution in [2.75, 3.05) is 19.6 Å². The Hall–Kier alpha value is -0.120. The molecule has 0 aromatic rings. The molecule has 1 saturated heterocycles. The van der Waals surface area contributed by atoms with E-state index in [0.717, 1.165) is 38.8 Å². The third kappa shape index (κ3) is 2.13. The Morgan fingerprint density at radius 3 is 2.00 bits per heavy atom. The zero-order valence-corrected chi connectivity index (χ0v) is 10.3. The van der Waals surface area contributed by atoms with Gasteiger partial charge in [-0.2, -0.15) is 0 Å². The van der Waals surface area contributed by atoms with E-state index in [1.54, 1.807) is 0 Å². The molecule has 1 aliphatic heterocycles. The molecular weight excluding hydrogens is 200 g/mol. The van der Waals surface area contributed by atoms with E-state index >= 15 is 0 Å². The summed E-state index contributed by atoms with van der Waals surface area (Å²) in [6.45, 7) is 2.54. The maximum absolute atomic E-state index is 11.0. The molecule has 1 aliphatic carbocycles. The van der Waals surface area contributed by atoms with Gasteiger partial charge in [0, 0.05) is 12.0 Å². The van der Waals surface area contributed by atoms with Gasteiger partial charge in [0.1, 0.15) is 0 Å². The van der Waals surface area contributed by atoms with E-state index in [9.17, 15) is 5.11 Å². The van der Waals surface area contributed by atoms with Crippen molar-refractivity contribution in [3.05, 3.63) is 0 Å². The second-order valence-corrected chi connectivity index (χ2v) is 5.68. The van der Waals surface area contributed by atoms with Gasteiger partial charge in [-0.1, -0.05) is 25.7 Å². The van der Waals surface area contributed by atoms with Gasteiger partial charge in [0.25, 0.3) is 0 Å². The van der Waals surface area contributed by atoms with Crippen LogP contribution in [0.5, 0.6) is 0 Å². The van der Waals surface area contributed by atoms with E-state index in [4.69, 9.17) is 5.73 Å². The molecule has 0 amide bonds. The lowest BCUT2D eigenvalue weighted by Gasteiger charge is -2.49. The molecule has 3 heteroatoms. The summed E-state index contributed by atoms with van der Waals surface area (Å²) < 4.78 is 0. The molecule has 1 heterocycles. The molecule has 94 valence electrons. The lowest BCUT2D eigenvalue weighted by molar-refractivity contribution is -0.108. The van der Waals surface area contributed by atoms with Crippen molar-refractivity contribution in [1.82, 2.24) is 5.32 Å². The fourth-order valence-corrected chi connectivity index (χ4v) is 3.64. The van der Waals surface area contributed by atoms with Gasteiger partial charge in [-0.25, -0.2) is 0 Å². The van der Waals surface area contributed by atoms with Crippen LogP contribution in [0.2, 0.25) is 0 Å². The van der Waals surface area contributed by atoms with Gasteiger partial charge in [0.2, 0.25) is 0 Å². The van der Waals surface area contributed by atoms with Crippen LogP contribution in [0.4, 0.5) is 0 Å². The van der Waals surface area contributed by atoms with E-state index < -0.39 is 5.60 Å². The largest absolute Gasteiger partial charge is 0.389 e. The molecule has 0 radical (unpaired) electrons. The summed E-state index contributed by atoms with van der Waals surface area (Å²) >= 11 is 0. The smallest absolute Gasteiger partial charge is 0.0739 e. The van der Waals surface area contributed by atoms with Crippen LogP contribution in [0.3, 0.4) is 0 Å².